The Morgan fingerprint density at radius 2 is 1.72 bits per heavy atom. The molecule has 0 saturated heterocycles. The Bertz CT molecular complexity index is 917. The minimum atomic E-state index is -4.38. The molecule has 4 nitrogen and oxygen atoms in total. The predicted molar refractivity (Wildman–Crippen MR) is 88.1 cm³/mol. The van der Waals surface area contributed by atoms with E-state index in [0.29, 0.717) is 34.8 Å². The van der Waals surface area contributed by atoms with Gasteiger partial charge in [-0.15, -0.1) is 0 Å². The van der Waals surface area contributed by atoms with E-state index in [1.165, 1.54) is 6.07 Å². The molecule has 0 amide bonds. The highest BCUT2D eigenvalue weighted by atomic mass is 19.4. The number of hydrogen-bond donors (Lipinski definition) is 0. The molecular weight excluding hydrogens is 333 g/mol. The number of alkyl halides is 3. The maximum atomic E-state index is 12.9. The molecule has 0 fully saturated rings. The third kappa shape index (κ3) is 3.26. The number of benzene rings is 2. The molecule has 3 aromatic rings. The topological polar surface area (TPSA) is 36.3 Å². The van der Waals surface area contributed by atoms with Crippen LogP contribution in [0.1, 0.15) is 17.0 Å². The highest BCUT2D eigenvalue weighted by Gasteiger charge is 2.31. The summed E-state index contributed by atoms with van der Waals surface area (Å²) in [6.07, 6.45) is -3.91. The van der Waals surface area contributed by atoms with Gasteiger partial charge in [0.25, 0.3) is 0 Å². The van der Waals surface area contributed by atoms with E-state index in [0.717, 1.165) is 17.7 Å². The average molecular weight is 350 g/mol. The van der Waals surface area contributed by atoms with Crippen LogP contribution in [-0.4, -0.2) is 23.8 Å². The number of halogens is 3. The first-order chi connectivity index (χ1) is 11.8. The summed E-state index contributed by atoms with van der Waals surface area (Å²) in [6, 6.07) is 9.10. The Balaban J connectivity index is 1.98. The molecular formula is C18H17F3N2O2. The molecule has 0 radical (unpaired) electrons. The maximum absolute atomic E-state index is 12.9. The second-order valence-corrected chi connectivity index (χ2v) is 5.65. The van der Waals surface area contributed by atoms with Crippen molar-refractivity contribution in [1.29, 1.82) is 0 Å². The molecule has 0 bridgehead atoms. The van der Waals surface area contributed by atoms with E-state index < -0.39 is 11.7 Å². The minimum absolute atomic E-state index is 0.327. The van der Waals surface area contributed by atoms with Crippen LogP contribution in [0, 0.1) is 0 Å². The van der Waals surface area contributed by atoms with Gasteiger partial charge in [-0.05, 0) is 35.9 Å². The number of nitrogens with zero attached hydrogens (tertiary/aromatic N) is 2. The Hall–Kier alpha value is -2.70. The number of fused-ring (bicyclic) bond motifs is 1. The number of hydrogen-bond acceptors (Lipinski definition) is 3. The lowest BCUT2D eigenvalue weighted by Crippen LogP contribution is -2.04. The zero-order chi connectivity index (χ0) is 18.2. The molecule has 1 heterocycles. The minimum Gasteiger partial charge on any atom is -0.493 e. The van der Waals surface area contributed by atoms with Crippen LogP contribution >= 0.6 is 0 Å². The lowest BCUT2D eigenvalue weighted by molar-refractivity contribution is -0.137. The van der Waals surface area contributed by atoms with Gasteiger partial charge in [-0.3, -0.25) is 0 Å². The predicted octanol–water partition coefficient (Wildman–Crippen LogP) is 4.20. The number of rotatable bonds is 4. The van der Waals surface area contributed by atoms with Crippen molar-refractivity contribution >= 4 is 11.0 Å². The fourth-order valence-corrected chi connectivity index (χ4v) is 2.76. The Labute approximate surface area is 142 Å². The lowest BCUT2D eigenvalue weighted by Gasteiger charge is -2.09. The van der Waals surface area contributed by atoms with E-state index in [4.69, 9.17) is 9.47 Å². The highest BCUT2D eigenvalue weighted by molar-refractivity contribution is 5.77. The van der Waals surface area contributed by atoms with E-state index in [9.17, 15) is 13.2 Å². The number of ether oxygens (including phenoxy) is 2. The smallest absolute Gasteiger partial charge is 0.416 e. The van der Waals surface area contributed by atoms with E-state index >= 15 is 0 Å². The third-order valence-corrected chi connectivity index (χ3v) is 4.11. The molecule has 7 heteroatoms. The maximum Gasteiger partial charge on any atom is 0.416 e. The van der Waals surface area contributed by atoms with Crippen molar-refractivity contribution in [3.8, 4) is 11.5 Å². The molecule has 132 valence electrons. The summed E-state index contributed by atoms with van der Waals surface area (Å²) in [6.45, 7) is 0. The van der Waals surface area contributed by atoms with E-state index in [1.54, 1.807) is 31.9 Å². The van der Waals surface area contributed by atoms with Crippen molar-refractivity contribution in [2.45, 2.75) is 12.6 Å². The van der Waals surface area contributed by atoms with Gasteiger partial charge in [-0.1, -0.05) is 6.07 Å². The Morgan fingerprint density at radius 3 is 2.36 bits per heavy atom. The summed E-state index contributed by atoms with van der Waals surface area (Å²) in [5.74, 6) is 1.88. The van der Waals surface area contributed by atoms with Gasteiger partial charge in [0.1, 0.15) is 5.82 Å². The van der Waals surface area contributed by atoms with Crippen LogP contribution < -0.4 is 9.47 Å². The van der Waals surface area contributed by atoms with Gasteiger partial charge in [0, 0.05) is 13.5 Å². The quantitative estimate of drug-likeness (QED) is 0.708. The van der Waals surface area contributed by atoms with Gasteiger partial charge in [-0.2, -0.15) is 13.2 Å². The molecule has 0 saturated carbocycles. The van der Waals surface area contributed by atoms with Crippen LogP contribution in [0.4, 0.5) is 13.2 Å². The fourth-order valence-electron chi connectivity index (χ4n) is 2.76. The highest BCUT2D eigenvalue weighted by Crippen LogP contribution is 2.32. The zero-order valence-electron chi connectivity index (χ0n) is 14.0. The zero-order valence-corrected chi connectivity index (χ0v) is 14.0. The Kier molecular flexibility index (Phi) is 4.32. The first-order valence-electron chi connectivity index (χ1n) is 7.57. The van der Waals surface area contributed by atoms with Crippen LogP contribution in [0.5, 0.6) is 11.5 Å². The molecule has 0 aliphatic heterocycles. The summed E-state index contributed by atoms with van der Waals surface area (Å²) in [5.41, 5.74) is 1.21. The van der Waals surface area contributed by atoms with Gasteiger partial charge in [0.15, 0.2) is 11.5 Å². The summed E-state index contributed by atoms with van der Waals surface area (Å²) < 4.78 is 50.9. The lowest BCUT2D eigenvalue weighted by atomic mass is 10.1. The van der Waals surface area contributed by atoms with Crippen LogP contribution in [0.15, 0.2) is 36.4 Å². The molecule has 0 unspecified atom stereocenters. The average Bonchev–Trinajstić information content (AvgIpc) is 2.89. The van der Waals surface area contributed by atoms with Gasteiger partial charge >= 0.3 is 6.18 Å². The van der Waals surface area contributed by atoms with Crippen molar-refractivity contribution in [2.24, 2.45) is 7.05 Å². The van der Waals surface area contributed by atoms with Crippen LogP contribution in [-0.2, 0) is 19.6 Å². The summed E-state index contributed by atoms with van der Waals surface area (Å²) >= 11 is 0. The van der Waals surface area contributed by atoms with Gasteiger partial charge in [-0.25, -0.2) is 4.98 Å². The first-order valence-corrected chi connectivity index (χ1v) is 7.57. The van der Waals surface area contributed by atoms with E-state index in [2.05, 4.69) is 4.98 Å². The van der Waals surface area contributed by atoms with Gasteiger partial charge in [0.05, 0.1) is 30.8 Å². The molecule has 0 aliphatic rings. The van der Waals surface area contributed by atoms with E-state index in [-0.39, 0.29) is 0 Å². The van der Waals surface area contributed by atoms with Crippen molar-refractivity contribution in [2.75, 3.05) is 14.2 Å². The van der Waals surface area contributed by atoms with Crippen molar-refractivity contribution < 1.29 is 22.6 Å². The molecule has 0 spiro atoms. The molecule has 3 rings (SSSR count). The van der Waals surface area contributed by atoms with Crippen molar-refractivity contribution in [1.82, 2.24) is 9.55 Å². The molecule has 2 aromatic carbocycles. The fraction of sp³-hybridized carbons (Fsp3) is 0.278. The first kappa shape index (κ1) is 17.1. The monoisotopic (exact) mass is 350 g/mol. The van der Waals surface area contributed by atoms with Gasteiger partial charge < -0.3 is 14.0 Å². The number of aromatic nitrogens is 2. The third-order valence-electron chi connectivity index (χ3n) is 4.11. The molecule has 1 aromatic heterocycles. The number of aryl methyl sites for hydroxylation is 1. The SMILES string of the molecule is COc1ccc(Cc2nc3cc(C(F)(F)F)ccc3n2C)cc1OC. The largest absolute Gasteiger partial charge is 0.493 e. The second-order valence-electron chi connectivity index (χ2n) is 5.65. The normalized spacial score (nSPS) is 11.8. The standard InChI is InChI=1S/C18H17F3N2O2/c1-23-14-6-5-12(18(19,20)21)10-13(14)22-17(23)9-11-4-7-15(24-2)16(8-11)25-3/h4-8,10H,9H2,1-3H3. The van der Waals surface area contributed by atoms with Gasteiger partial charge in [0.2, 0.25) is 0 Å². The Morgan fingerprint density at radius 1 is 1.00 bits per heavy atom. The van der Waals surface area contributed by atoms with Crippen molar-refractivity contribution in [3.63, 3.8) is 0 Å². The summed E-state index contributed by atoms with van der Waals surface area (Å²) in [5, 5.41) is 0. The van der Waals surface area contributed by atoms with E-state index in [1.807, 2.05) is 12.1 Å². The molecule has 25 heavy (non-hydrogen) atoms. The number of methoxy groups -OCH3 is 2. The molecule has 0 N–H and O–H groups in total. The molecule has 0 atom stereocenters. The molecule has 0 aliphatic carbocycles. The number of imidazole rings is 1. The van der Waals surface area contributed by atoms with Crippen LogP contribution in [0.25, 0.3) is 11.0 Å². The van der Waals surface area contributed by atoms with Crippen LogP contribution in [0.3, 0.4) is 0 Å². The summed E-state index contributed by atoms with van der Waals surface area (Å²) in [7, 11) is 4.90. The second kappa shape index (κ2) is 6.31. The summed E-state index contributed by atoms with van der Waals surface area (Å²) in [4.78, 5) is 4.37. The van der Waals surface area contributed by atoms with Crippen molar-refractivity contribution in [3.05, 3.63) is 53.3 Å². The van der Waals surface area contributed by atoms with Crippen LogP contribution in [0.2, 0.25) is 0 Å².